The van der Waals surface area contributed by atoms with Crippen LogP contribution in [0.25, 0.3) is 34.4 Å². The molecule has 13 N–H and O–H groups in total. The second-order valence-corrected chi connectivity index (χ2v) is 17.9. The van der Waals surface area contributed by atoms with Gasteiger partial charge in [0.25, 0.3) is 0 Å². The zero-order valence-corrected chi connectivity index (χ0v) is 41.1. The smallest absolute Gasteiger partial charge is 0.402 e. The van der Waals surface area contributed by atoms with E-state index in [-0.39, 0.29) is 56.6 Å². The third-order valence-corrected chi connectivity index (χ3v) is 12.6. The fourth-order valence-corrected chi connectivity index (χ4v) is 8.39. The molecule has 0 bridgehead atoms. The molecular formula is C52H55O26+. The van der Waals surface area contributed by atoms with Gasteiger partial charge < -0.3 is 114 Å². The van der Waals surface area contributed by atoms with Crippen molar-refractivity contribution < 1.29 is 128 Å². The molecule has 1 aromatic heterocycles. The van der Waals surface area contributed by atoms with Gasteiger partial charge in [0.1, 0.15) is 84.2 Å². The van der Waals surface area contributed by atoms with Gasteiger partial charge >= 0.3 is 23.3 Å². The molecule has 4 heterocycles. The predicted molar refractivity (Wildman–Crippen MR) is 262 cm³/mol. The van der Waals surface area contributed by atoms with Crippen molar-refractivity contribution in [1.29, 1.82) is 0 Å². The summed E-state index contributed by atoms with van der Waals surface area (Å²) in [6.45, 7) is -2.22. The summed E-state index contributed by atoms with van der Waals surface area (Å²) in [4.78, 5) is 26.4. The molecule has 0 saturated carbocycles. The minimum Gasteiger partial charge on any atom is -0.508 e. The van der Waals surface area contributed by atoms with Crippen LogP contribution in [0.15, 0.2) is 89.4 Å². The third kappa shape index (κ3) is 12.6. The van der Waals surface area contributed by atoms with Crippen LogP contribution in [-0.4, -0.2) is 198 Å². The number of methoxy groups -OCH3 is 2. The van der Waals surface area contributed by atoms with Gasteiger partial charge in [0, 0.05) is 30.4 Å². The van der Waals surface area contributed by atoms with Crippen LogP contribution < -0.4 is 18.9 Å². The summed E-state index contributed by atoms with van der Waals surface area (Å²) < 4.78 is 63.5. The molecule has 8 rings (SSSR count). The first-order valence-corrected chi connectivity index (χ1v) is 23.7. The van der Waals surface area contributed by atoms with E-state index in [1.54, 1.807) is 0 Å². The molecule has 14 atom stereocenters. The number of hydrogen-bond donors (Lipinski definition) is 13. The second-order valence-electron chi connectivity index (χ2n) is 17.9. The number of aliphatic hydroxyl groups excluding tert-OH is 8. The van der Waals surface area contributed by atoms with Crippen molar-refractivity contribution in [2.45, 2.75) is 86.0 Å². The molecule has 3 fully saturated rings. The van der Waals surface area contributed by atoms with E-state index in [2.05, 4.69) is 0 Å². The van der Waals surface area contributed by atoms with Gasteiger partial charge in [-0.3, -0.25) is 0 Å². The highest BCUT2D eigenvalue weighted by Gasteiger charge is 2.52. The Kier molecular flexibility index (Phi) is 17.7. The van der Waals surface area contributed by atoms with E-state index in [4.69, 9.17) is 51.8 Å². The maximum absolute atomic E-state index is 13.4. The highest BCUT2D eigenvalue weighted by molar-refractivity contribution is 5.90. The fourth-order valence-electron chi connectivity index (χ4n) is 8.39. The monoisotopic (exact) mass is 1100 g/mol. The molecule has 3 aliphatic heterocycles. The normalized spacial score (nSPS) is 28.3. The minimum atomic E-state index is -2.12. The standard InChI is InChI=1S/C52H54O26/c1-68-33-13-23(14-34(69-2)41(33)62)6-12-39(60)77-48-40(61)30(58)20-71-51(48)78-49-45(66)43(64)37(21-70-38(59)11-5-22-3-8-25(54)9-4-22)76-52(49)74-35-18-27-31(72-47(35)24-7-10-28(56)29(57)15-24)16-26(55)17-32(27)73-50-46(67)44(65)42(63)36(19-53)75-50/h3-18,30,36-37,40,42-46,48-53,58,61,63-67H,19-21H2,1-2H3,(H4-,54,55,56,57,59,60,62)/p+1/t30-,36-,37-,40+,42-,43-,44+,45+,46-,48-,49-,50-,51+,52-/m1/s1. The molecule has 0 amide bonds. The summed E-state index contributed by atoms with van der Waals surface area (Å²) in [5.74, 6) is -5.22. The Hall–Kier alpha value is -7.57. The Morgan fingerprint density at radius 3 is 1.95 bits per heavy atom. The van der Waals surface area contributed by atoms with Crippen molar-refractivity contribution in [3.05, 3.63) is 96.1 Å². The van der Waals surface area contributed by atoms with Gasteiger partial charge in [-0.1, -0.05) is 12.1 Å². The fraction of sp³-hybridized carbons (Fsp3) is 0.365. The summed E-state index contributed by atoms with van der Waals surface area (Å²) in [5, 5.41) is 139. The Bertz CT molecular complexity index is 2960. The molecule has 78 heavy (non-hydrogen) atoms. The zero-order valence-electron chi connectivity index (χ0n) is 41.1. The van der Waals surface area contributed by atoms with Crippen molar-refractivity contribution in [3.63, 3.8) is 0 Å². The summed E-state index contributed by atoms with van der Waals surface area (Å²) in [6.07, 6.45) is -21.5. The summed E-state index contributed by atoms with van der Waals surface area (Å²) in [5.41, 5.74) is 0.550. The molecule has 4 aromatic carbocycles. The minimum absolute atomic E-state index is 0.00280. The molecule has 418 valence electrons. The maximum atomic E-state index is 13.4. The van der Waals surface area contributed by atoms with E-state index in [0.717, 1.165) is 36.4 Å². The highest BCUT2D eigenvalue weighted by Crippen LogP contribution is 2.44. The molecule has 26 nitrogen and oxygen atoms in total. The first-order chi connectivity index (χ1) is 37.3. The van der Waals surface area contributed by atoms with Crippen LogP contribution in [0.4, 0.5) is 0 Å². The average Bonchev–Trinajstić information content (AvgIpc) is 3.45. The summed E-state index contributed by atoms with van der Waals surface area (Å²) in [7, 11) is 2.58. The number of carbonyl (C=O) groups excluding carboxylic acids is 2. The molecule has 3 saturated heterocycles. The first-order valence-electron chi connectivity index (χ1n) is 23.7. The van der Waals surface area contributed by atoms with Crippen LogP contribution in [0.3, 0.4) is 0 Å². The molecule has 0 aliphatic carbocycles. The first kappa shape index (κ1) is 56.6. The molecule has 3 aliphatic rings. The van der Waals surface area contributed by atoms with Crippen molar-refractivity contribution in [2.75, 3.05) is 34.0 Å². The quantitative estimate of drug-likeness (QED) is 0.0257. The molecule has 5 aromatic rings. The van der Waals surface area contributed by atoms with Gasteiger partial charge in [0.15, 0.2) is 41.5 Å². The second kappa shape index (κ2) is 24.4. The SMILES string of the molecule is COc1cc(C=CC(=O)O[C@H]2[C@H](O[C@H]3[C@H](Oc4cc5c(O[C@@H]6O[C@H](CO)[C@@H](O)[C@H](O)[C@H]6O)cc(O)cc5[o+]c4-c4ccc(O)c(O)c4)O[C@H](COC(=O)C=Cc4ccc(O)cc4)[C@@H](O)[C@@H]3O)OC[C@@H](O)[C@@H]2O)cc(OC)c1O. The molecule has 0 spiro atoms. The molecular weight excluding hydrogens is 1040 g/mol. The van der Waals surface area contributed by atoms with Crippen LogP contribution >= 0.6 is 0 Å². The number of phenolic OH excluding ortho intramolecular Hbond substituents is 5. The highest BCUT2D eigenvalue weighted by atomic mass is 16.8. The number of hydrogen-bond acceptors (Lipinski definition) is 25. The van der Waals surface area contributed by atoms with E-state index < -0.39 is 141 Å². The largest absolute Gasteiger partial charge is 0.508 e. The van der Waals surface area contributed by atoms with Gasteiger partial charge in [-0.25, -0.2) is 14.0 Å². The van der Waals surface area contributed by atoms with Gasteiger partial charge in [-0.2, -0.15) is 0 Å². The van der Waals surface area contributed by atoms with Crippen LogP contribution in [0.5, 0.6) is 51.7 Å². The lowest BCUT2D eigenvalue weighted by atomic mass is 9.98. The van der Waals surface area contributed by atoms with Gasteiger partial charge in [-0.15, -0.1) is 0 Å². The van der Waals surface area contributed by atoms with E-state index in [9.17, 15) is 76.0 Å². The predicted octanol–water partition coefficient (Wildman–Crippen LogP) is 0.275. The van der Waals surface area contributed by atoms with Gasteiger partial charge in [0.05, 0.1) is 39.1 Å². The number of carbonyl (C=O) groups is 2. The molecule has 26 heteroatoms. The lowest BCUT2D eigenvalue weighted by molar-refractivity contribution is -0.345. The molecule has 0 unspecified atom stereocenters. The third-order valence-electron chi connectivity index (χ3n) is 12.6. The Labute approximate surface area is 441 Å². The zero-order chi connectivity index (χ0) is 56.1. The maximum Gasteiger partial charge on any atom is 0.402 e. The van der Waals surface area contributed by atoms with Crippen molar-refractivity contribution in [3.8, 4) is 63.1 Å². The summed E-state index contributed by atoms with van der Waals surface area (Å²) in [6, 6.07) is 15.3. The Morgan fingerprint density at radius 1 is 0.615 bits per heavy atom. The van der Waals surface area contributed by atoms with Gasteiger partial charge in [-0.05, 0) is 59.7 Å². The average molecular weight is 1100 g/mol. The number of fused-ring (bicyclic) bond motifs is 1. The Morgan fingerprint density at radius 2 is 1.27 bits per heavy atom. The molecule has 0 radical (unpaired) electrons. The topological polar surface area (TPSA) is 401 Å². The van der Waals surface area contributed by atoms with Crippen molar-refractivity contribution in [2.24, 2.45) is 0 Å². The van der Waals surface area contributed by atoms with Crippen molar-refractivity contribution in [1.82, 2.24) is 0 Å². The number of phenols is 5. The number of ether oxygens (including phenoxy) is 10. The van der Waals surface area contributed by atoms with Crippen LogP contribution in [0.2, 0.25) is 0 Å². The van der Waals surface area contributed by atoms with E-state index in [1.165, 1.54) is 74.9 Å². The summed E-state index contributed by atoms with van der Waals surface area (Å²) >= 11 is 0. The number of rotatable bonds is 17. The van der Waals surface area contributed by atoms with Crippen molar-refractivity contribution >= 4 is 35.1 Å². The number of aliphatic hydroxyl groups is 8. The lowest BCUT2D eigenvalue weighted by Crippen LogP contribution is -2.64. The van der Waals surface area contributed by atoms with Gasteiger partial charge in [0.2, 0.25) is 24.1 Å². The number of benzene rings is 4. The van der Waals surface area contributed by atoms with E-state index in [0.29, 0.717) is 5.56 Å². The van der Waals surface area contributed by atoms with Crippen LogP contribution in [0.1, 0.15) is 11.1 Å². The van der Waals surface area contributed by atoms with Crippen LogP contribution in [0, 0.1) is 0 Å². The van der Waals surface area contributed by atoms with E-state index >= 15 is 0 Å². The number of esters is 2. The van der Waals surface area contributed by atoms with Crippen LogP contribution in [-0.2, 0) is 38.0 Å². The Balaban J connectivity index is 1.16. The number of aromatic hydroxyl groups is 5. The lowest BCUT2D eigenvalue weighted by Gasteiger charge is -2.45. The van der Waals surface area contributed by atoms with E-state index in [1.807, 2.05) is 0 Å².